The SMILES string of the molecule is Cc1cc(C)cc(C(COC(C)(C)C)NN)c1. The molecule has 0 aromatic heterocycles. The molecular formula is C14H24N2O. The Balaban J connectivity index is 2.79. The first-order valence-corrected chi connectivity index (χ1v) is 6.00. The molecule has 0 radical (unpaired) electrons. The second-order valence-corrected chi connectivity index (χ2v) is 5.56. The molecule has 0 heterocycles. The van der Waals surface area contributed by atoms with Crippen LogP contribution in [0.2, 0.25) is 0 Å². The standard InChI is InChI=1S/C14H24N2O/c1-10-6-11(2)8-12(7-10)13(16-15)9-17-14(3,4)5/h6-8,13,16H,9,15H2,1-5H3. The molecule has 3 heteroatoms. The number of rotatable bonds is 4. The van der Waals surface area contributed by atoms with Gasteiger partial charge in [0.05, 0.1) is 18.2 Å². The van der Waals surface area contributed by atoms with Gasteiger partial charge in [0, 0.05) is 0 Å². The Morgan fingerprint density at radius 3 is 2.12 bits per heavy atom. The highest BCUT2D eigenvalue weighted by molar-refractivity contribution is 5.30. The predicted octanol–water partition coefficient (Wildman–Crippen LogP) is 2.62. The molecule has 1 rings (SSSR count). The molecule has 0 spiro atoms. The summed E-state index contributed by atoms with van der Waals surface area (Å²) < 4.78 is 5.77. The van der Waals surface area contributed by atoms with Crippen LogP contribution in [-0.4, -0.2) is 12.2 Å². The van der Waals surface area contributed by atoms with Crippen LogP contribution in [0.25, 0.3) is 0 Å². The van der Waals surface area contributed by atoms with Crippen LogP contribution in [0, 0.1) is 13.8 Å². The maximum Gasteiger partial charge on any atom is 0.0694 e. The van der Waals surface area contributed by atoms with Crippen molar-refractivity contribution in [3.05, 3.63) is 34.9 Å². The lowest BCUT2D eigenvalue weighted by atomic mass is 10.0. The summed E-state index contributed by atoms with van der Waals surface area (Å²) >= 11 is 0. The molecule has 1 aromatic carbocycles. The normalized spacial score (nSPS) is 13.8. The van der Waals surface area contributed by atoms with Crippen LogP contribution in [0.5, 0.6) is 0 Å². The molecule has 96 valence electrons. The van der Waals surface area contributed by atoms with Crippen LogP contribution in [0.15, 0.2) is 18.2 Å². The van der Waals surface area contributed by atoms with Crippen molar-refractivity contribution in [2.45, 2.75) is 46.3 Å². The Bertz CT molecular complexity index is 349. The first-order valence-electron chi connectivity index (χ1n) is 6.00. The zero-order chi connectivity index (χ0) is 13.1. The van der Waals surface area contributed by atoms with E-state index < -0.39 is 0 Å². The van der Waals surface area contributed by atoms with E-state index in [9.17, 15) is 0 Å². The van der Waals surface area contributed by atoms with Crippen LogP contribution in [-0.2, 0) is 4.74 Å². The van der Waals surface area contributed by atoms with Crippen molar-refractivity contribution in [2.24, 2.45) is 5.84 Å². The van der Waals surface area contributed by atoms with Gasteiger partial charge >= 0.3 is 0 Å². The minimum atomic E-state index is -0.145. The second kappa shape index (κ2) is 5.63. The molecule has 1 aromatic rings. The predicted molar refractivity (Wildman–Crippen MR) is 71.7 cm³/mol. The summed E-state index contributed by atoms with van der Waals surface area (Å²) in [6, 6.07) is 6.47. The topological polar surface area (TPSA) is 47.3 Å². The molecule has 1 atom stereocenters. The summed E-state index contributed by atoms with van der Waals surface area (Å²) in [6.07, 6.45) is 0. The fourth-order valence-corrected chi connectivity index (χ4v) is 1.78. The molecule has 0 saturated carbocycles. The molecule has 3 N–H and O–H groups in total. The molecule has 0 aliphatic carbocycles. The maximum absolute atomic E-state index is 5.77. The Hall–Kier alpha value is -0.900. The van der Waals surface area contributed by atoms with E-state index in [0.29, 0.717) is 6.61 Å². The van der Waals surface area contributed by atoms with Crippen molar-refractivity contribution in [3.8, 4) is 0 Å². The lowest BCUT2D eigenvalue weighted by molar-refractivity contribution is -0.0148. The van der Waals surface area contributed by atoms with Crippen molar-refractivity contribution in [2.75, 3.05) is 6.61 Å². The fraction of sp³-hybridized carbons (Fsp3) is 0.571. The van der Waals surface area contributed by atoms with Gasteiger partial charge in [0.25, 0.3) is 0 Å². The van der Waals surface area contributed by atoms with Gasteiger partial charge in [-0.3, -0.25) is 11.3 Å². The fourth-order valence-electron chi connectivity index (χ4n) is 1.78. The molecule has 0 amide bonds. The molecule has 3 nitrogen and oxygen atoms in total. The van der Waals surface area contributed by atoms with E-state index in [1.165, 1.54) is 16.7 Å². The van der Waals surface area contributed by atoms with Crippen molar-refractivity contribution >= 4 is 0 Å². The minimum absolute atomic E-state index is 0.0350. The van der Waals surface area contributed by atoms with Gasteiger partial charge in [-0.1, -0.05) is 29.3 Å². The van der Waals surface area contributed by atoms with Crippen LogP contribution in [0.3, 0.4) is 0 Å². The van der Waals surface area contributed by atoms with Crippen molar-refractivity contribution in [1.29, 1.82) is 0 Å². The average molecular weight is 236 g/mol. The summed E-state index contributed by atoms with van der Waals surface area (Å²) in [5.74, 6) is 5.60. The number of nitrogens with two attached hydrogens (primary N) is 1. The largest absolute Gasteiger partial charge is 0.374 e. The quantitative estimate of drug-likeness (QED) is 0.624. The first-order chi connectivity index (χ1) is 7.81. The highest BCUT2D eigenvalue weighted by Gasteiger charge is 2.16. The number of hydrogen-bond donors (Lipinski definition) is 2. The van der Waals surface area contributed by atoms with E-state index in [2.05, 4.69) is 37.5 Å². The highest BCUT2D eigenvalue weighted by atomic mass is 16.5. The molecule has 0 aliphatic heterocycles. The number of nitrogens with one attached hydrogen (secondary N) is 1. The van der Waals surface area contributed by atoms with Crippen molar-refractivity contribution < 1.29 is 4.74 Å². The number of aryl methyl sites for hydroxylation is 2. The molecule has 1 unspecified atom stereocenters. The summed E-state index contributed by atoms with van der Waals surface area (Å²) in [7, 11) is 0. The Kier molecular flexibility index (Phi) is 4.69. The van der Waals surface area contributed by atoms with E-state index in [1.54, 1.807) is 0 Å². The molecule has 0 saturated heterocycles. The van der Waals surface area contributed by atoms with Crippen molar-refractivity contribution in [1.82, 2.24) is 5.43 Å². The molecule has 0 fully saturated rings. The van der Waals surface area contributed by atoms with Crippen LogP contribution >= 0.6 is 0 Å². The third-order valence-electron chi connectivity index (χ3n) is 2.53. The van der Waals surface area contributed by atoms with Crippen molar-refractivity contribution in [3.63, 3.8) is 0 Å². The molecule has 0 bridgehead atoms. The summed E-state index contributed by atoms with van der Waals surface area (Å²) in [5, 5.41) is 0. The lowest BCUT2D eigenvalue weighted by Crippen LogP contribution is -2.34. The average Bonchev–Trinajstić information content (AvgIpc) is 2.15. The van der Waals surface area contributed by atoms with E-state index in [1.807, 2.05) is 20.8 Å². The minimum Gasteiger partial charge on any atom is -0.374 e. The van der Waals surface area contributed by atoms with Crippen LogP contribution in [0.4, 0.5) is 0 Å². The van der Waals surface area contributed by atoms with E-state index in [0.717, 1.165) is 0 Å². The van der Waals surface area contributed by atoms with Crippen LogP contribution in [0.1, 0.15) is 43.5 Å². The van der Waals surface area contributed by atoms with E-state index in [4.69, 9.17) is 10.6 Å². The van der Waals surface area contributed by atoms with Gasteiger partial charge in [0.15, 0.2) is 0 Å². The molecule has 0 aliphatic rings. The zero-order valence-corrected chi connectivity index (χ0v) is 11.5. The summed E-state index contributed by atoms with van der Waals surface area (Å²) in [6.45, 7) is 10.9. The Labute approximate surface area is 104 Å². The smallest absolute Gasteiger partial charge is 0.0694 e. The summed E-state index contributed by atoms with van der Waals surface area (Å²) in [4.78, 5) is 0. The lowest BCUT2D eigenvalue weighted by Gasteiger charge is -2.24. The number of ether oxygens (including phenoxy) is 1. The monoisotopic (exact) mass is 236 g/mol. The molecular weight excluding hydrogens is 212 g/mol. The maximum atomic E-state index is 5.77. The summed E-state index contributed by atoms with van der Waals surface area (Å²) in [5.41, 5.74) is 6.34. The van der Waals surface area contributed by atoms with Gasteiger partial charge in [-0.05, 0) is 40.2 Å². The van der Waals surface area contributed by atoms with Gasteiger partial charge in [0.2, 0.25) is 0 Å². The molecule has 17 heavy (non-hydrogen) atoms. The van der Waals surface area contributed by atoms with Gasteiger partial charge < -0.3 is 4.74 Å². The Morgan fingerprint density at radius 1 is 1.18 bits per heavy atom. The van der Waals surface area contributed by atoms with E-state index >= 15 is 0 Å². The zero-order valence-electron chi connectivity index (χ0n) is 11.5. The number of hydrogen-bond acceptors (Lipinski definition) is 3. The van der Waals surface area contributed by atoms with E-state index in [-0.39, 0.29) is 11.6 Å². The number of benzene rings is 1. The number of hydrazine groups is 1. The van der Waals surface area contributed by atoms with Gasteiger partial charge in [-0.25, -0.2) is 0 Å². The third-order valence-corrected chi connectivity index (χ3v) is 2.53. The third kappa shape index (κ3) is 4.86. The first kappa shape index (κ1) is 14.2. The highest BCUT2D eigenvalue weighted by Crippen LogP contribution is 2.19. The Morgan fingerprint density at radius 2 is 1.71 bits per heavy atom. The second-order valence-electron chi connectivity index (χ2n) is 5.56. The van der Waals surface area contributed by atoms with Crippen LogP contribution < -0.4 is 11.3 Å². The van der Waals surface area contributed by atoms with Gasteiger partial charge in [0.1, 0.15) is 0 Å². The van der Waals surface area contributed by atoms with Gasteiger partial charge in [-0.15, -0.1) is 0 Å². The van der Waals surface area contributed by atoms with Gasteiger partial charge in [-0.2, -0.15) is 0 Å².